The molecule has 4 heterocycles. The molecule has 2 saturated heterocycles. The third-order valence-corrected chi connectivity index (χ3v) is 6.20. The van der Waals surface area contributed by atoms with Gasteiger partial charge in [0, 0.05) is 17.8 Å². The van der Waals surface area contributed by atoms with Gasteiger partial charge in [0.2, 0.25) is 17.6 Å². The van der Waals surface area contributed by atoms with Gasteiger partial charge >= 0.3 is 12.5 Å². The Kier molecular flexibility index (Phi) is 4.52. The second-order valence-electron chi connectivity index (χ2n) is 8.23. The van der Waals surface area contributed by atoms with Crippen LogP contribution in [0.4, 0.5) is 19.3 Å². The normalized spacial score (nSPS) is 26.6. The van der Waals surface area contributed by atoms with Crippen LogP contribution in [0.3, 0.4) is 0 Å². The van der Waals surface area contributed by atoms with Crippen molar-refractivity contribution < 1.29 is 32.4 Å². The molecule has 168 valence electrons. The molecule has 1 spiro atoms. The van der Waals surface area contributed by atoms with Gasteiger partial charge in [0.25, 0.3) is 5.89 Å². The molecule has 5 rings (SSSR count). The molecule has 3 atom stereocenters. The zero-order chi connectivity index (χ0) is 22.8. The fourth-order valence-corrected chi connectivity index (χ4v) is 5.03. The van der Waals surface area contributed by atoms with Crippen LogP contribution in [0.15, 0.2) is 22.7 Å². The Labute approximate surface area is 180 Å². The van der Waals surface area contributed by atoms with Gasteiger partial charge in [-0.2, -0.15) is 13.8 Å². The fourth-order valence-electron chi connectivity index (χ4n) is 5.03. The number of nitrogens with one attached hydrogen (secondary N) is 2. The molecule has 3 aliphatic heterocycles. The zero-order valence-electron chi connectivity index (χ0n) is 17.1. The van der Waals surface area contributed by atoms with Crippen LogP contribution >= 0.6 is 0 Å². The Morgan fingerprint density at radius 1 is 1.19 bits per heavy atom. The number of fused-ring (bicyclic) bond motifs is 4. The van der Waals surface area contributed by atoms with E-state index in [1.807, 2.05) is 11.8 Å². The minimum Gasteiger partial charge on any atom is -0.372 e. The predicted octanol–water partition coefficient (Wildman–Crippen LogP) is 1.56. The molecule has 0 unspecified atom stereocenters. The number of urea groups is 1. The van der Waals surface area contributed by atoms with E-state index >= 15 is 0 Å². The van der Waals surface area contributed by atoms with Crippen LogP contribution < -0.4 is 15.5 Å². The van der Waals surface area contributed by atoms with E-state index in [9.17, 15) is 23.2 Å². The number of alkyl halides is 2. The molecule has 1 aromatic heterocycles. The molecule has 3 aliphatic rings. The molecular formula is C20H19F2N5O5. The van der Waals surface area contributed by atoms with Crippen molar-refractivity contribution in [1.82, 2.24) is 20.8 Å². The number of carbonyl (C=O) groups excluding carboxylic acids is 3. The van der Waals surface area contributed by atoms with Crippen molar-refractivity contribution in [2.75, 3.05) is 11.4 Å². The molecule has 2 fully saturated rings. The number of hydrogen-bond acceptors (Lipinski definition) is 8. The lowest BCUT2D eigenvalue weighted by Gasteiger charge is -2.55. The highest BCUT2D eigenvalue weighted by molar-refractivity contribution is 6.20. The summed E-state index contributed by atoms with van der Waals surface area (Å²) in [6.45, 7) is 4.09. The maximum absolute atomic E-state index is 13.1. The van der Waals surface area contributed by atoms with Crippen molar-refractivity contribution in [2.24, 2.45) is 5.41 Å². The number of barbiturate groups is 1. The Morgan fingerprint density at radius 3 is 2.56 bits per heavy atom. The number of ether oxygens (including phenoxy) is 1. The molecule has 12 heteroatoms. The topological polar surface area (TPSA) is 127 Å². The summed E-state index contributed by atoms with van der Waals surface area (Å²) in [5.74, 6) is -2.24. The first-order chi connectivity index (χ1) is 15.2. The van der Waals surface area contributed by atoms with Gasteiger partial charge in [-0.05, 0) is 44.0 Å². The van der Waals surface area contributed by atoms with E-state index < -0.39 is 47.7 Å². The van der Waals surface area contributed by atoms with Crippen molar-refractivity contribution in [3.8, 4) is 11.4 Å². The zero-order valence-corrected chi connectivity index (χ0v) is 17.1. The van der Waals surface area contributed by atoms with Crippen LogP contribution in [-0.2, 0) is 20.7 Å². The highest BCUT2D eigenvalue weighted by Gasteiger charge is 2.62. The van der Waals surface area contributed by atoms with Crippen LogP contribution in [-0.4, -0.2) is 52.8 Å². The summed E-state index contributed by atoms with van der Waals surface area (Å²) >= 11 is 0. The second kappa shape index (κ2) is 7.05. The van der Waals surface area contributed by atoms with Crippen LogP contribution in [0.25, 0.3) is 11.4 Å². The van der Waals surface area contributed by atoms with Gasteiger partial charge in [-0.3, -0.25) is 20.2 Å². The standard InChI is InChI=1S/C20H19F2N5O5/c1-8-7-27-12-4-3-10(15-23-16(14(21)22)32-26-15)5-11(12)6-20(13(27)9(2)31-8)17(28)24-19(30)25-18(20)29/h3-5,8-9,13-14H,6-7H2,1-2H3,(H2,24,25,28,29,30)/t8-,9+,13-/m1/s1. The third kappa shape index (κ3) is 2.89. The van der Waals surface area contributed by atoms with Crippen molar-refractivity contribution >= 4 is 23.5 Å². The summed E-state index contributed by atoms with van der Waals surface area (Å²) in [6.07, 6.45) is -3.58. The van der Waals surface area contributed by atoms with E-state index in [4.69, 9.17) is 4.74 Å². The molecule has 1 aromatic carbocycles. The number of morpholine rings is 1. The molecule has 0 saturated carbocycles. The van der Waals surface area contributed by atoms with Crippen LogP contribution in [0.1, 0.15) is 31.7 Å². The van der Waals surface area contributed by atoms with Crippen LogP contribution in [0.5, 0.6) is 0 Å². The minimum absolute atomic E-state index is 0.0239. The van der Waals surface area contributed by atoms with Crippen molar-refractivity contribution in [1.29, 1.82) is 0 Å². The van der Waals surface area contributed by atoms with Crippen molar-refractivity contribution in [3.63, 3.8) is 0 Å². The summed E-state index contributed by atoms with van der Waals surface area (Å²) in [7, 11) is 0. The first-order valence-electron chi connectivity index (χ1n) is 10.0. The van der Waals surface area contributed by atoms with Gasteiger partial charge < -0.3 is 14.2 Å². The molecule has 0 radical (unpaired) electrons. The predicted molar refractivity (Wildman–Crippen MR) is 104 cm³/mol. The van der Waals surface area contributed by atoms with Gasteiger partial charge in [-0.25, -0.2) is 4.79 Å². The number of hydrogen-bond donors (Lipinski definition) is 2. The molecule has 2 N–H and O–H groups in total. The summed E-state index contributed by atoms with van der Waals surface area (Å²) < 4.78 is 36.2. The minimum atomic E-state index is -2.90. The number of halogens is 2. The average molecular weight is 447 g/mol. The lowest BCUT2D eigenvalue weighted by molar-refractivity contribution is -0.153. The third-order valence-electron chi connectivity index (χ3n) is 6.20. The van der Waals surface area contributed by atoms with Crippen molar-refractivity contribution in [2.45, 2.75) is 44.9 Å². The van der Waals surface area contributed by atoms with Gasteiger partial charge in [0.05, 0.1) is 18.2 Å². The molecule has 10 nitrogen and oxygen atoms in total. The number of aromatic nitrogens is 2. The van der Waals surface area contributed by atoms with Gasteiger partial charge in [0.1, 0.15) is 0 Å². The molecule has 0 aliphatic carbocycles. The summed E-state index contributed by atoms with van der Waals surface area (Å²) in [6, 6.07) is 3.57. The first kappa shape index (κ1) is 20.5. The summed E-state index contributed by atoms with van der Waals surface area (Å²) in [4.78, 5) is 43.6. The molecule has 2 aromatic rings. The van der Waals surface area contributed by atoms with Crippen molar-refractivity contribution in [3.05, 3.63) is 29.7 Å². The highest BCUT2D eigenvalue weighted by atomic mass is 19.3. The maximum atomic E-state index is 13.1. The lowest BCUT2D eigenvalue weighted by atomic mass is 9.66. The first-order valence-corrected chi connectivity index (χ1v) is 10.0. The lowest BCUT2D eigenvalue weighted by Crippen LogP contribution is -2.75. The fraction of sp³-hybridized carbons (Fsp3) is 0.450. The summed E-state index contributed by atoms with van der Waals surface area (Å²) in [5.41, 5.74) is 0.171. The number of benzene rings is 1. The number of anilines is 1. The average Bonchev–Trinajstić information content (AvgIpc) is 3.21. The maximum Gasteiger partial charge on any atom is 0.328 e. The van der Waals surface area contributed by atoms with E-state index in [1.165, 1.54) is 0 Å². The molecule has 0 bridgehead atoms. The number of nitrogens with zero attached hydrogens (tertiary/aromatic N) is 3. The van der Waals surface area contributed by atoms with Gasteiger partial charge in [-0.1, -0.05) is 5.16 Å². The largest absolute Gasteiger partial charge is 0.372 e. The van der Waals surface area contributed by atoms with Crippen LogP contribution in [0, 0.1) is 5.41 Å². The van der Waals surface area contributed by atoms with E-state index in [0.29, 0.717) is 17.7 Å². The van der Waals surface area contributed by atoms with Gasteiger partial charge in [-0.15, -0.1) is 0 Å². The Morgan fingerprint density at radius 2 is 1.91 bits per heavy atom. The highest BCUT2D eigenvalue weighted by Crippen LogP contribution is 2.47. The SMILES string of the molecule is C[C@@H]1CN2c3ccc(-c4noc(C(F)F)n4)cc3CC3(C(=O)NC(=O)NC3=O)[C@H]2[C@H](C)O1. The van der Waals surface area contributed by atoms with E-state index in [-0.39, 0.29) is 18.3 Å². The summed E-state index contributed by atoms with van der Waals surface area (Å²) in [5, 5.41) is 8.03. The number of amides is 4. The van der Waals surface area contributed by atoms with Crippen LogP contribution in [0.2, 0.25) is 0 Å². The Bertz CT molecular complexity index is 1120. The Hall–Kier alpha value is -3.41. The number of rotatable bonds is 2. The van der Waals surface area contributed by atoms with E-state index in [0.717, 1.165) is 5.69 Å². The van der Waals surface area contributed by atoms with E-state index in [1.54, 1.807) is 25.1 Å². The monoisotopic (exact) mass is 447 g/mol. The number of imide groups is 2. The Balaban J connectivity index is 1.64. The van der Waals surface area contributed by atoms with E-state index in [2.05, 4.69) is 25.3 Å². The smallest absolute Gasteiger partial charge is 0.328 e. The van der Waals surface area contributed by atoms with Gasteiger partial charge in [0.15, 0.2) is 5.41 Å². The second-order valence-corrected chi connectivity index (χ2v) is 8.23. The number of carbonyl (C=O) groups is 3. The molecular weight excluding hydrogens is 428 g/mol. The molecule has 32 heavy (non-hydrogen) atoms. The molecule has 4 amide bonds. The quantitative estimate of drug-likeness (QED) is 0.665.